The summed E-state index contributed by atoms with van der Waals surface area (Å²) in [5.74, 6) is 0.407. The Kier molecular flexibility index (Phi) is 2.06. The molecule has 3 heteroatoms. The highest BCUT2D eigenvalue weighted by molar-refractivity contribution is 5.17. The third kappa shape index (κ3) is 1.19. The number of hydrogen-bond acceptors (Lipinski definition) is 2. The fourth-order valence-electron chi connectivity index (χ4n) is 0.947. The molecule has 10 heavy (non-hydrogen) atoms. The minimum absolute atomic E-state index is 0.0734. The number of aliphatic hydroxyl groups is 1. The minimum Gasteiger partial charge on any atom is -0.392 e. The molecule has 1 rings (SSSR count). The van der Waals surface area contributed by atoms with Crippen LogP contribution in [-0.2, 0) is 6.61 Å². The molecule has 0 aliphatic carbocycles. The molecule has 0 fully saturated rings. The third-order valence-corrected chi connectivity index (χ3v) is 1.50. The van der Waals surface area contributed by atoms with Crippen LogP contribution in [0.5, 0.6) is 0 Å². The molecule has 1 aromatic rings. The van der Waals surface area contributed by atoms with Gasteiger partial charge in [0.05, 0.1) is 12.8 Å². The summed E-state index contributed by atoms with van der Waals surface area (Å²) < 4.78 is 0. The van der Waals surface area contributed by atoms with Crippen LogP contribution < -0.4 is 0 Å². The third-order valence-electron chi connectivity index (χ3n) is 1.50. The molecule has 0 unspecified atom stereocenters. The number of H-pyrrole nitrogens is 1. The van der Waals surface area contributed by atoms with Gasteiger partial charge >= 0.3 is 0 Å². The summed E-state index contributed by atoms with van der Waals surface area (Å²) in [7, 11) is 0. The molecular formula is C7H12N2O. The SMILES string of the molecule is CC(C)c1[nH]ncc1CO. The fraction of sp³-hybridized carbons (Fsp3) is 0.571. The Morgan fingerprint density at radius 2 is 2.40 bits per heavy atom. The van der Waals surface area contributed by atoms with Gasteiger partial charge in [0.25, 0.3) is 0 Å². The smallest absolute Gasteiger partial charge is 0.0715 e. The molecule has 0 amide bonds. The van der Waals surface area contributed by atoms with Gasteiger partial charge in [-0.1, -0.05) is 13.8 Å². The van der Waals surface area contributed by atoms with Gasteiger partial charge < -0.3 is 5.11 Å². The number of hydrogen-bond donors (Lipinski definition) is 2. The van der Waals surface area contributed by atoms with E-state index in [0.29, 0.717) is 5.92 Å². The number of rotatable bonds is 2. The van der Waals surface area contributed by atoms with Crippen molar-refractivity contribution < 1.29 is 5.11 Å². The van der Waals surface area contributed by atoms with E-state index in [2.05, 4.69) is 24.0 Å². The van der Waals surface area contributed by atoms with E-state index in [4.69, 9.17) is 5.11 Å². The fourth-order valence-corrected chi connectivity index (χ4v) is 0.947. The Hall–Kier alpha value is -0.830. The Balaban J connectivity index is 2.90. The second-order valence-electron chi connectivity index (χ2n) is 2.62. The van der Waals surface area contributed by atoms with Gasteiger partial charge in [-0.3, -0.25) is 5.10 Å². The van der Waals surface area contributed by atoms with Crippen molar-refractivity contribution in [2.45, 2.75) is 26.4 Å². The maximum atomic E-state index is 8.80. The lowest BCUT2D eigenvalue weighted by Gasteiger charge is -2.01. The van der Waals surface area contributed by atoms with Gasteiger partial charge in [0.15, 0.2) is 0 Å². The maximum Gasteiger partial charge on any atom is 0.0715 e. The lowest BCUT2D eigenvalue weighted by atomic mass is 10.1. The summed E-state index contributed by atoms with van der Waals surface area (Å²) in [5, 5.41) is 15.5. The monoisotopic (exact) mass is 140 g/mol. The van der Waals surface area contributed by atoms with Gasteiger partial charge in [-0.15, -0.1) is 0 Å². The average Bonchev–Trinajstić information content (AvgIpc) is 2.33. The summed E-state index contributed by atoms with van der Waals surface area (Å²) in [6.45, 7) is 4.20. The second kappa shape index (κ2) is 2.84. The molecule has 1 aromatic heterocycles. The van der Waals surface area contributed by atoms with Crippen LogP contribution in [0.3, 0.4) is 0 Å². The Morgan fingerprint density at radius 1 is 1.70 bits per heavy atom. The van der Waals surface area contributed by atoms with E-state index in [9.17, 15) is 0 Å². The molecule has 0 bridgehead atoms. The summed E-state index contributed by atoms with van der Waals surface area (Å²) >= 11 is 0. The van der Waals surface area contributed by atoms with E-state index in [1.165, 1.54) is 0 Å². The molecule has 0 spiro atoms. The van der Waals surface area contributed by atoms with Crippen LogP contribution in [0.15, 0.2) is 6.20 Å². The molecule has 0 radical (unpaired) electrons. The van der Waals surface area contributed by atoms with Crippen LogP contribution in [0.4, 0.5) is 0 Å². The number of aromatic nitrogens is 2. The highest BCUT2D eigenvalue weighted by atomic mass is 16.3. The standard InChI is InChI=1S/C7H12N2O/c1-5(2)7-6(4-10)3-8-9-7/h3,5,10H,4H2,1-2H3,(H,8,9). The lowest BCUT2D eigenvalue weighted by Crippen LogP contribution is -1.93. The van der Waals surface area contributed by atoms with Crippen molar-refractivity contribution in [3.63, 3.8) is 0 Å². The van der Waals surface area contributed by atoms with E-state index in [1.807, 2.05) is 0 Å². The van der Waals surface area contributed by atoms with Crippen LogP contribution in [0, 0.1) is 0 Å². The first kappa shape index (κ1) is 7.28. The number of nitrogens with one attached hydrogen (secondary N) is 1. The maximum absolute atomic E-state index is 8.80. The topological polar surface area (TPSA) is 48.9 Å². The zero-order valence-electron chi connectivity index (χ0n) is 6.26. The Morgan fingerprint density at radius 3 is 2.80 bits per heavy atom. The van der Waals surface area contributed by atoms with Gasteiger partial charge in [-0.05, 0) is 5.92 Å². The zero-order chi connectivity index (χ0) is 7.56. The van der Waals surface area contributed by atoms with Crippen molar-refractivity contribution in [2.75, 3.05) is 0 Å². The molecule has 0 saturated carbocycles. The van der Waals surface area contributed by atoms with Crippen molar-refractivity contribution in [1.29, 1.82) is 0 Å². The molecule has 3 nitrogen and oxygen atoms in total. The molecule has 2 N–H and O–H groups in total. The van der Waals surface area contributed by atoms with E-state index in [1.54, 1.807) is 6.20 Å². The highest BCUT2D eigenvalue weighted by Gasteiger charge is 2.06. The molecule has 0 aliphatic rings. The van der Waals surface area contributed by atoms with Gasteiger partial charge in [-0.2, -0.15) is 5.10 Å². The quantitative estimate of drug-likeness (QED) is 0.644. The van der Waals surface area contributed by atoms with Crippen LogP contribution in [0.25, 0.3) is 0 Å². The van der Waals surface area contributed by atoms with Gasteiger partial charge in [0.2, 0.25) is 0 Å². The molecular weight excluding hydrogens is 128 g/mol. The number of aliphatic hydroxyl groups excluding tert-OH is 1. The molecule has 56 valence electrons. The van der Waals surface area contributed by atoms with Gasteiger partial charge in [0.1, 0.15) is 0 Å². The van der Waals surface area contributed by atoms with E-state index >= 15 is 0 Å². The van der Waals surface area contributed by atoms with Gasteiger partial charge in [0, 0.05) is 11.3 Å². The van der Waals surface area contributed by atoms with Crippen LogP contribution in [0.1, 0.15) is 31.0 Å². The van der Waals surface area contributed by atoms with Crippen LogP contribution in [-0.4, -0.2) is 15.3 Å². The summed E-state index contributed by atoms with van der Waals surface area (Å²) in [6, 6.07) is 0. The van der Waals surface area contributed by atoms with Crippen LogP contribution >= 0.6 is 0 Å². The first-order valence-electron chi connectivity index (χ1n) is 3.38. The number of aromatic amines is 1. The zero-order valence-corrected chi connectivity index (χ0v) is 6.26. The summed E-state index contributed by atoms with van der Waals surface area (Å²) in [6.07, 6.45) is 1.66. The molecule has 0 atom stereocenters. The molecule has 0 aliphatic heterocycles. The Labute approximate surface area is 60.1 Å². The predicted molar refractivity (Wildman–Crippen MR) is 38.6 cm³/mol. The lowest BCUT2D eigenvalue weighted by molar-refractivity contribution is 0.280. The van der Waals surface area contributed by atoms with Crippen molar-refractivity contribution in [2.24, 2.45) is 0 Å². The van der Waals surface area contributed by atoms with E-state index in [0.717, 1.165) is 11.3 Å². The van der Waals surface area contributed by atoms with Crippen molar-refractivity contribution in [1.82, 2.24) is 10.2 Å². The first-order chi connectivity index (χ1) is 4.75. The largest absolute Gasteiger partial charge is 0.392 e. The molecule has 1 heterocycles. The Bertz CT molecular complexity index is 205. The number of nitrogens with zero attached hydrogens (tertiary/aromatic N) is 1. The normalized spacial score (nSPS) is 10.8. The van der Waals surface area contributed by atoms with E-state index < -0.39 is 0 Å². The second-order valence-corrected chi connectivity index (χ2v) is 2.62. The predicted octanol–water partition coefficient (Wildman–Crippen LogP) is 1.03. The molecule has 0 aromatic carbocycles. The van der Waals surface area contributed by atoms with Crippen molar-refractivity contribution in [3.05, 3.63) is 17.5 Å². The summed E-state index contributed by atoms with van der Waals surface area (Å²) in [5.41, 5.74) is 1.93. The average molecular weight is 140 g/mol. The summed E-state index contributed by atoms with van der Waals surface area (Å²) in [4.78, 5) is 0. The highest BCUT2D eigenvalue weighted by Crippen LogP contribution is 2.15. The molecule has 0 saturated heterocycles. The van der Waals surface area contributed by atoms with Crippen molar-refractivity contribution in [3.8, 4) is 0 Å². The minimum atomic E-state index is 0.0734. The first-order valence-corrected chi connectivity index (χ1v) is 3.38. The van der Waals surface area contributed by atoms with E-state index in [-0.39, 0.29) is 6.61 Å². The van der Waals surface area contributed by atoms with Gasteiger partial charge in [-0.25, -0.2) is 0 Å². The van der Waals surface area contributed by atoms with Crippen molar-refractivity contribution >= 4 is 0 Å². The van der Waals surface area contributed by atoms with Crippen LogP contribution in [0.2, 0.25) is 0 Å².